The Balaban J connectivity index is 1.74. The van der Waals surface area contributed by atoms with Gasteiger partial charge in [-0.2, -0.15) is 4.98 Å². The molecule has 1 atom stereocenters. The van der Waals surface area contributed by atoms with Gasteiger partial charge in [-0.3, -0.25) is 0 Å². The number of aromatic nitrogens is 3. The number of likely N-dealkylation sites (N-methyl/N-ethyl adjacent to an activating group) is 1. The molecule has 1 unspecified atom stereocenters. The molecule has 1 aliphatic heterocycles. The van der Waals surface area contributed by atoms with Crippen molar-refractivity contribution in [3.05, 3.63) is 11.3 Å². The predicted octanol–water partition coefficient (Wildman–Crippen LogP) is 2.17. The number of rotatable bonds is 3. The number of likely N-dealkylation sites (tertiary alicyclic amines) is 1. The number of hydrogen-bond donors (Lipinski definition) is 1. The van der Waals surface area contributed by atoms with Crippen molar-refractivity contribution in [3.8, 4) is 0 Å². The number of nitrogens with zero attached hydrogens (tertiary/aromatic N) is 4. The van der Waals surface area contributed by atoms with Gasteiger partial charge in [0.1, 0.15) is 5.15 Å². The molecule has 0 amide bonds. The first-order chi connectivity index (χ1) is 9.24. The Labute approximate surface area is 116 Å². The molecule has 0 spiro atoms. The van der Waals surface area contributed by atoms with Crippen molar-refractivity contribution >= 4 is 29.0 Å². The van der Waals surface area contributed by atoms with Crippen LogP contribution in [0.3, 0.4) is 0 Å². The Morgan fingerprint density at radius 3 is 3.26 bits per heavy atom. The molecule has 1 fully saturated rings. The first-order valence-electron chi connectivity index (χ1n) is 6.52. The first-order valence-corrected chi connectivity index (χ1v) is 6.90. The molecule has 2 aromatic heterocycles. The third-order valence-corrected chi connectivity index (χ3v) is 3.56. The van der Waals surface area contributed by atoms with Gasteiger partial charge in [0.2, 0.25) is 5.65 Å². The molecular formula is C12H16ClN5O. The van der Waals surface area contributed by atoms with E-state index in [-0.39, 0.29) is 0 Å². The smallest absolute Gasteiger partial charge is 0.298 e. The van der Waals surface area contributed by atoms with Gasteiger partial charge in [0.15, 0.2) is 0 Å². The van der Waals surface area contributed by atoms with Crippen LogP contribution in [0.5, 0.6) is 0 Å². The zero-order chi connectivity index (χ0) is 13.2. The summed E-state index contributed by atoms with van der Waals surface area (Å²) in [5.74, 6) is 0. The van der Waals surface area contributed by atoms with Crippen LogP contribution in [-0.4, -0.2) is 45.5 Å². The molecule has 102 valence electrons. The van der Waals surface area contributed by atoms with E-state index in [2.05, 4.69) is 32.1 Å². The average Bonchev–Trinajstić information content (AvgIpc) is 2.80. The van der Waals surface area contributed by atoms with Crippen molar-refractivity contribution < 1.29 is 4.42 Å². The van der Waals surface area contributed by atoms with Crippen LogP contribution in [-0.2, 0) is 0 Å². The standard InChI is InChI=1S/C12H16ClN5O/c1-2-18-5-3-4-8(7-18)15-12-17-10-11(19-12)14-6-9(13)16-10/h6,8H,2-5,7H2,1H3,(H,15,16,17). The van der Waals surface area contributed by atoms with Crippen LogP contribution in [0.15, 0.2) is 10.6 Å². The minimum absolute atomic E-state index is 0.321. The van der Waals surface area contributed by atoms with E-state index in [1.54, 1.807) is 0 Å². The fourth-order valence-corrected chi connectivity index (χ4v) is 2.53. The van der Waals surface area contributed by atoms with Crippen LogP contribution >= 0.6 is 11.6 Å². The van der Waals surface area contributed by atoms with E-state index < -0.39 is 0 Å². The van der Waals surface area contributed by atoms with E-state index in [1.807, 2.05) is 0 Å². The topological polar surface area (TPSA) is 67.1 Å². The molecule has 0 aromatic carbocycles. The molecule has 1 N–H and O–H groups in total. The maximum atomic E-state index is 5.78. The number of halogens is 1. The van der Waals surface area contributed by atoms with Crippen LogP contribution in [0.4, 0.5) is 6.01 Å². The van der Waals surface area contributed by atoms with E-state index in [0.29, 0.717) is 28.6 Å². The Bertz CT molecular complexity index is 572. The number of hydrogen-bond acceptors (Lipinski definition) is 6. The molecule has 0 aliphatic carbocycles. The quantitative estimate of drug-likeness (QED) is 0.930. The average molecular weight is 282 g/mol. The lowest BCUT2D eigenvalue weighted by Crippen LogP contribution is -2.41. The highest BCUT2D eigenvalue weighted by molar-refractivity contribution is 6.29. The lowest BCUT2D eigenvalue weighted by atomic mass is 10.1. The van der Waals surface area contributed by atoms with Crippen molar-refractivity contribution in [1.29, 1.82) is 0 Å². The monoisotopic (exact) mass is 281 g/mol. The molecule has 1 saturated heterocycles. The molecule has 19 heavy (non-hydrogen) atoms. The molecule has 2 aromatic rings. The number of oxazole rings is 1. The molecular weight excluding hydrogens is 266 g/mol. The number of nitrogens with one attached hydrogen (secondary N) is 1. The van der Waals surface area contributed by atoms with Crippen molar-refractivity contribution in [2.24, 2.45) is 0 Å². The summed E-state index contributed by atoms with van der Waals surface area (Å²) in [6.07, 6.45) is 3.77. The maximum absolute atomic E-state index is 5.78. The molecule has 1 aliphatic rings. The summed E-state index contributed by atoms with van der Waals surface area (Å²) in [5, 5.41) is 3.63. The molecule has 0 saturated carbocycles. The molecule has 7 heteroatoms. The largest absolute Gasteiger partial charge is 0.403 e. The molecule has 6 nitrogen and oxygen atoms in total. The van der Waals surface area contributed by atoms with Gasteiger partial charge in [0.25, 0.3) is 11.7 Å². The number of anilines is 1. The Morgan fingerprint density at radius 1 is 1.53 bits per heavy atom. The van der Waals surface area contributed by atoms with Gasteiger partial charge in [0.05, 0.1) is 6.20 Å². The van der Waals surface area contributed by atoms with Crippen LogP contribution in [0.2, 0.25) is 5.15 Å². The highest BCUT2D eigenvalue weighted by Gasteiger charge is 2.20. The third-order valence-electron chi connectivity index (χ3n) is 3.37. The Morgan fingerprint density at radius 2 is 2.42 bits per heavy atom. The molecule has 3 heterocycles. The summed E-state index contributed by atoms with van der Waals surface area (Å²) in [4.78, 5) is 14.8. The van der Waals surface area contributed by atoms with Gasteiger partial charge < -0.3 is 14.6 Å². The SMILES string of the molecule is CCN1CCCC(Nc2nc3nc(Cl)cnc3o2)C1. The molecule has 3 rings (SSSR count). The molecule has 0 bridgehead atoms. The summed E-state index contributed by atoms with van der Waals surface area (Å²) in [6, 6.07) is 0.831. The van der Waals surface area contributed by atoms with Gasteiger partial charge in [-0.05, 0) is 25.9 Å². The summed E-state index contributed by atoms with van der Waals surface area (Å²) < 4.78 is 5.52. The van der Waals surface area contributed by atoms with Gasteiger partial charge >= 0.3 is 0 Å². The van der Waals surface area contributed by atoms with Crippen molar-refractivity contribution in [3.63, 3.8) is 0 Å². The predicted molar refractivity (Wildman–Crippen MR) is 73.4 cm³/mol. The normalized spacial score (nSPS) is 20.8. The van der Waals surface area contributed by atoms with Crippen LogP contribution in [0.25, 0.3) is 11.4 Å². The van der Waals surface area contributed by atoms with Crippen molar-refractivity contribution in [2.45, 2.75) is 25.8 Å². The summed E-state index contributed by atoms with van der Waals surface area (Å²) in [7, 11) is 0. The van der Waals surface area contributed by atoms with Gasteiger partial charge in [0, 0.05) is 12.6 Å². The Kier molecular flexibility index (Phi) is 3.52. The van der Waals surface area contributed by atoms with Crippen molar-refractivity contribution in [1.82, 2.24) is 19.9 Å². The third kappa shape index (κ3) is 2.79. The highest BCUT2D eigenvalue weighted by Crippen LogP contribution is 2.19. The zero-order valence-corrected chi connectivity index (χ0v) is 11.5. The molecule has 0 radical (unpaired) electrons. The van der Waals surface area contributed by atoms with Crippen LogP contribution in [0, 0.1) is 0 Å². The van der Waals surface area contributed by atoms with E-state index in [9.17, 15) is 0 Å². The first kappa shape index (κ1) is 12.6. The zero-order valence-electron chi connectivity index (χ0n) is 10.8. The second-order valence-corrected chi connectivity index (χ2v) is 5.10. The van der Waals surface area contributed by atoms with Gasteiger partial charge in [-0.1, -0.05) is 18.5 Å². The van der Waals surface area contributed by atoms with Gasteiger partial charge in [-0.25, -0.2) is 9.97 Å². The highest BCUT2D eigenvalue weighted by atomic mass is 35.5. The number of piperidine rings is 1. The fourth-order valence-electron chi connectivity index (χ4n) is 2.40. The minimum atomic E-state index is 0.321. The summed E-state index contributed by atoms with van der Waals surface area (Å²) in [6.45, 7) is 5.43. The van der Waals surface area contributed by atoms with E-state index in [0.717, 1.165) is 19.5 Å². The summed E-state index contributed by atoms with van der Waals surface area (Å²) >= 11 is 5.78. The second-order valence-electron chi connectivity index (χ2n) is 4.72. The summed E-state index contributed by atoms with van der Waals surface area (Å²) in [5.41, 5.74) is 0.855. The van der Waals surface area contributed by atoms with Crippen LogP contribution < -0.4 is 5.32 Å². The van der Waals surface area contributed by atoms with E-state index in [1.165, 1.54) is 19.2 Å². The lowest BCUT2D eigenvalue weighted by molar-refractivity contribution is 0.225. The van der Waals surface area contributed by atoms with E-state index >= 15 is 0 Å². The Hall–Kier alpha value is -1.40. The van der Waals surface area contributed by atoms with Gasteiger partial charge in [-0.15, -0.1) is 0 Å². The number of fused-ring (bicyclic) bond motifs is 1. The maximum Gasteiger partial charge on any atom is 0.298 e. The minimum Gasteiger partial charge on any atom is -0.403 e. The fraction of sp³-hybridized carbons (Fsp3) is 0.583. The lowest BCUT2D eigenvalue weighted by Gasteiger charge is -2.31. The second kappa shape index (κ2) is 5.30. The van der Waals surface area contributed by atoms with E-state index in [4.69, 9.17) is 16.0 Å². The van der Waals surface area contributed by atoms with Crippen LogP contribution in [0.1, 0.15) is 19.8 Å². The van der Waals surface area contributed by atoms with Crippen molar-refractivity contribution in [2.75, 3.05) is 25.0 Å².